The van der Waals surface area contributed by atoms with Crippen LogP contribution in [0.5, 0.6) is 0 Å². The van der Waals surface area contributed by atoms with Crippen molar-refractivity contribution in [1.82, 2.24) is 4.90 Å². The predicted octanol–water partition coefficient (Wildman–Crippen LogP) is 2.79. The molecule has 114 valence electrons. The topological polar surface area (TPSA) is 46.3 Å². The third-order valence-electron chi connectivity index (χ3n) is 3.68. The Morgan fingerprint density at radius 1 is 1.30 bits per heavy atom. The lowest BCUT2D eigenvalue weighted by atomic mass is 10.0. The molecule has 20 heavy (non-hydrogen) atoms. The van der Waals surface area contributed by atoms with Gasteiger partial charge in [0.05, 0.1) is 6.42 Å². The number of carbonyl (C=O) groups excluding carboxylic acids is 1. The minimum Gasteiger partial charge on any atom is -0.345 e. The van der Waals surface area contributed by atoms with E-state index in [9.17, 15) is 4.79 Å². The number of halogens is 1. The fraction of sp³-hybridized carbons (Fsp3) is 0.562. The molecular formula is C16H27ClN2O. The zero-order valence-corrected chi connectivity index (χ0v) is 13.7. The lowest BCUT2D eigenvalue weighted by Crippen LogP contribution is -2.35. The maximum atomic E-state index is 12.1. The number of rotatable bonds is 6. The van der Waals surface area contributed by atoms with Crippen LogP contribution < -0.4 is 5.73 Å². The monoisotopic (exact) mass is 298 g/mol. The summed E-state index contributed by atoms with van der Waals surface area (Å²) in [5.74, 6) is 0.616. The van der Waals surface area contributed by atoms with E-state index < -0.39 is 0 Å². The minimum absolute atomic E-state index is 0. The molecule has 0 aromatic heterocycles. The normalized spacial score (nSPS) is 11.9. The maximum Gasteiger partial charge on any atom is 0.226 e. The molecule has 0 aliphatic heterocycles. The molecular weight excluding hydrogens is 272 g/mol. The van der Waals surface area contributed by atoms with Crippen LogP contribution in [-0.4, -0.2) is 30.4 Å². The fourth-order valence-electron chi connectivity index (χ4n) is 1.91. The standard InChI is InChI=1S/C16H26N2O.ClH/c1-12(2)15(17)9-10-18(4)16(19)11-14-8-6-5-7-13(14)3;/h5-8,12,15H,9-11,17H2,1-4H3;1H. The molecule has 1 unspecified atom stereocenters. The highest BCUT2D eigenvalue weighted by Gasteiger charge is 2.13. The van der Waals surface area contributed by atoms with Crippen LogP contribution in [0.2, 0.25) is 0 Å². The van der Waals surface area contributed by atoms with E-state index in [1.807, 2.05) is 38.2 Å². The van der Waals surface area contributed by atoms with Gasteiger partial charge in [-0.05, 0) is 30.4 Å². The molecule has 1 atom stereocenters. The first-order chi connectivity index (χ1) is 8.91. The Morgan fingerprint density at radius 2 is 1.90 bits per heavy atom. The average molecular weight is 299 g/mol. The second kappa shape index (κ2) is 8.98. The van der Waals surface area contributed by atoms with Crippen molar-refractivity contribution in [2.24, 2.45) is 11.7 Å². The number of nitrogens with zero attached hydrogens (tertiary/aromatic N) is 1. The van der Waals surface area contributed by atoms with Crippen LogP contribution in [0.4, 0.5) is 0 Å². The van der Waals surface area contributed by atoms with Crippen molar-refractivity contribution in [3.63, 3.8) is 0 Å². The van der Waals surface area contributed by atoms with E-state index >= 15 is 0 Å². The summed E-state index contributed by atoms with van der Waals surface area (Å²) in [4.78, 5) is 13.9. The molecule has 1 rings (SSSR count). The second-order valence-corrected chi connectivity index (χ2v) is 5.62. The summed E-state index contributed by atoms with van der Waals surface area (Å²) in [5.41, 5.74) is 8.28. The highest BCUT2D eigenvalue weighted by atomic mass is 35.5. The van der Waals surface area contributed by atoms with E-state index in [4.69, 9.17) is 5.73 Å². The number of likely N-dealkylation sites (N-methyl/N-ethyl adjacent to an activating group) is 1. The molecule has 1 aromatic carbocycles. The fourth-order valence-corrected chi connectivity index (χ4v) is 1.91. The minimum atomic E-state index is 0. The molecule has 0 aliphatic carbocycles. The van der Waals surface area contributed by atoms with E-state index in [1.165, 1.54) is 5.56 Å². The van der Waals surface area contributed by atoms with Crippen LogP contribution >= 0.6 is 12.4 Å². The lowest BCUT2D eigenvalue weighted by Gasteiger charge is -2.22. The third-order valence-corrected chi connectivity index (χ3v) is 3.68. The molecule has 0 saturated carbocycles. The summed E-state index contributed by atoms with van der Waals surface area (Å²) in [7, 11) is 1.85. The molecule has 0 saturated heterocycles. The van der Waals surface area contributed by atoms with Crippen LogP contribution in [0.15, 0.2) is 24.3 Å². The molecule has 0 bridgehead atoms. The Balaban J connectivity index is 0.00000361. The van der Waals surface area contributed by atoms with Gasteiger partial charge in [0.25, 0.3) is 0 Å². The van der Waals surface area contributed by atoms with Gasteiger partial charge in [-0.15, -0.1) is 12.4 Å². The van der Waals surface area contributed by atoms with Crippen molar-refractivity contribution in [1.29, 1.82) is 0 Å². The van der Waals surface area contributed by atoms with Gasteiger partial charge in [0.1, 0.15) is 0 Å². The van der Waals surface area contributed by atoms with Crippen molar-refractivity contribution in [2.75, 3.05) is 13.6 Å². The van der Waals surface area contributed by atoms with Crippen LogP contribution in [0.25, 0.3) is 0 Å². The van der Waals surface area contributed by atoms with Crippen LogP contribution in [0, 0.1) is 12.8 Å². The summed E-state index contributed by atoms with van der Waals surface area (Å²) in [6.45, 7) is 6.99. The average Bonchev–Trinajstić information content (AvgIpc) is 2.37. The number of hydrogen-bond acceptors (Lipinski definition) is 2. The van der Waals surface area contributed by atoms with E-state index in [2.05, 4.69) is 13.8 Å². The number of amides is 1. The summed E-state index contributed by atoms with van der Waals surface area (Å²) in [6.07, 6.45) is 1.33. The smallest absolute Gasteiger partial charge is 0.226 e. The predicted molar refractivity (Wildman–Crippen MR) is 87.2 cm³/mol. The van der Waals surface area contributed by atoms with Gasteiger partial charge in [-0.25, -0.2) is 0 Å². The third kappa shape index (κ3) is 5.93. The lowest BCUT2D eigenvalue weighted by molar-refractivity contribution is -0.129. The molecule has 0 heterocycles. The molecule has 4 heteroatoms. The Hall–Kier alpha value is -1.06. The first-order valence-electron chi connectivity index (χ1n) is 6.96. The Labute approximate surface area is 128 Å². The molecule has 0 fully saturated rings. The van der Waals surface area contributed by atoms with Crippen molar-refractivity contribution in [3.05, 3.63) is 35.4 Å². The zero-order chi connectivity index (χ0) is 14.4. The molecule has 2 N–H and O–H groups in total. The second-order valence-electron chi connectivity index (χ2n) is 5.62. The van der Waals surface area contributed by atoms with Gasteiger partial charge < -0.3 is 10.6 Å². The van der Waals surface area contributed by atoms with E-state index in [0.29, 0.717) is 12.3 Å². The van der Waals surface area contributed by atoms with Crippen molar-refractivity contribution >= 4 is 18.3 Å². The Bertz CT molecular complexity index is 421. The summed E-state index contributed by atoms with van der Waals surface area (Å²) >= 11 is 0. The Kier molecular flexibility index (Phi) is 8.51. The summed E-state index contributed by atoms with van der Waals surface area (Å²) < 4.78 is 0. The van der Waals surface area contributed by atoms with Crippen LogP contribution in [0.1, 0.15) is 31.4 Å². The van der Waals surface area contributed by atoms with E-state index in [-0.39, 0.29) is 24.4 Å². The molecule has 0 aliphatic rings. The number of nitrogens with two attached hydrogens (primary N) is 1. The zero-order valence-electron chi connectivity index (χ0n) is 12.9. The first-order valence-corrected chi connectivity index (χ1v) is 6.96. The summed E-state index contributed by atoms with van der Waals surface area (Å²) in [5, 5.41) is 0. The molecule has 1 aromatic rings. The largest absolute Gasteiger partial charge is 0.345 e. The van der Waals surface area contributed by atoms with Gasteiger partial charge in [-0.3, -0.25) is 4.79 Å². The number of benzene rings is 1. The maximum absolute atomic E-state index is 12.1. The SMILES string of the molecule is Cc1ccccc1CC(=O)N(C)CCC(N)C(C)C.Cl. The molecule has 3 nitrogen and oxygen atoms in total. The van der Waals surface area contributed by atoms with Crippen LogP contribution in [-0.2, 0) is 11.2 Å². The van der Waals surface area contributed by atoms with Gasteiger partial charge in [0.15, 0.2) is 0 Å². The van der Waals surface area contributed by atoms with Crippen molar-refractivity contribution in [3.8, 4) is 0 Å². The van der Waals surface area contributed by atoms with Crippen molar-refractivity contribution < 1.29 is 4.79 Å². The highest BCUT2D eigenvalue weighted by molar-refractivity contribution is 5.85. The summed E-state index contributed by atoms with van der Waals surface area (Å²) in [6, 6.07) is 8.19. The number of hydrogen-bond donors (Lipinski definition) is 1. The van der Waals surface area contributed by atoms with Gasteiger partial charge in [-0.1, -0.05) is 38.1 Å². The van der Waals surface area contributed by atoms with Gasteiger partial charge in [-0.2, -0.15) is 0 Å². The van der Waals surface area contributed by atoms with Crippen LogP contribution in [0.3, 0.4) is 0 Å². The Morgan fingerprint density at radius 3 is 2.45 bits per heavy atom. The molecule has 0 radical (unpaired) electrons. The van der Waals surface area contributed by atoms with Gasteiger partial charge in [0, 0.05) is 19.6 Å². The first kappa shape index (κ1) is 18.9. The number of aryl methyl sites for hydroxylation is 1. The number of carbonyl (C=O) groups is 1. The highest BCUT2D eigenvalue weighted by Crippen LogP contribution is 2.10. The van der Waals surface area contributed by atoms with E-state index in [1.54, 1.807) is 4.90 Å². The molecule has 1 amide bonds. The quantitative estimate of drug-likeness (QED) is 0.878. The van der Waals surface area contributed by atoms with E-state index in [0.717, 1.165) is 18.5 Å². The van der Waals surface area contributed by atoms with Crippen molar-refractivity contribution in [2.45, 2.75) is 39.7 Å². The van der Waals surface area contributed by atoms with Gasteiger partial charge >= 0.3 is 0 Å². The molecule has 0 spiro atoms. The van der Waals surface area contributed by atoms with Gasteiger partial charge in [0.2, 0.25) is 5.91 Å².